The van der Waals surface area contributed by atoms with Crippen LogP contribution in [0.3, 0.4) is 0 Å². The summed E-state index contributed by atoms with van der Waals surface area (Å²) in [5.41, 5.74) is 1.93. The van der Waals surface area contributed by atoms with Gasteiger partial charge in [-0.25, -0.2) is 9.59 Å². The SMILES string of the molecule is CCc1cccc2c(OC(=O)OCC(C)C)c3c(CC)cccc3c(OC(=O)OCC(C)C)c12. The van der Waals surface area contributed by atoms with Crippen LogP contribution in [0.5, 0.6) is 11.5 Å². The molecule has 0 bridgehead atoms. The minimum Gasteiger partial charge on any atom is -0.434 e. The molecule has 0 spiro atoms. The maximum absolute atomic E-state index is 12.6. The highest BCUT2D eigenvalue weighted by molar-refractivity contribution is 6.14. The molecule has 0 unspecified atom stereocenters. The van der Waals surface area contributed by atoms with E-state index in [1.54, 1.807) is 0 Å². The van der Waals surface area contributed by atoms with Crippen molar-refractivity contribution in [2.45, 2.75) is 54.4 Å². The first kappa shape index (κ1) is 25.3. The standard InChI is InChI=1S/C28H34O6/c1-7-19-11-9-13-21-23(19)25(33-27(29)31-15-17(3)4)22-14-10-12-20(8-2)24(22)26(21)34-28(30)32-16-18(5)6/h9-14,17-18H,7-8,15-16H2,1-6H3. The highest BCUT2D eigenvalue weighted by Gasteiger charge is 2.24. The topological polar surface area (TPSA) is 71.1 Å². The number of carbonyl (C=O) groups excluding carboxylic acids is 2. The van der Waals surface area contributed by atoms with Gasteiger partial charge in [0, 0.05) is 21.5 Å². The lowest BCUT2D eigenvalue weighted by molar-refractivity contribution is 0.0879. The van der Waals surface area contributed by atoms with Crippen LogP contribution in [0.15, 0.2) is 36.4 Å². The van der Waals surface area contributed by atoms with E-state index in [4.69, 9.17) is 18.9 Å². The van der Waals surface area contributed by atoms with Crippen molar-refractivity contribution in [2.75, 3.05) is 13.2 Å². The van der Waals surface area contributed by atoms with E-state index in [1.807, 2.05) is 77.9 Å². The smallest absolute Gasteiger partial charge is 0.434 e. The summed E-state index contributed by atoms with van der Waals surface area (Å²) in [5.74, 6) is 1.20. The van der Waals surface area contributed by atoms with Crippen LogP contribution >= 0.6 is 0 Å². The Morgan fingerprint density at radius 1 is 0.676 bits per heavy atom. The molecule has 0 saturated carbocycles. The quantitative estimate of drug-likeness (QED) is 0.195. The second-order valence-electron chi connectivity index (χ2n) is 9.16. The minimum atomic E-state index is -0.755. The molecule has 0 aromatic heterocycles. The van der Waals surface area contributed by atoms with Crippen LogP contribution < -0.4 is 9.47 Å². The highest BCUT2D eigenvalue weighted by atomic mass is 16.7. The molecule has 3 aromatic carbocycles. The molecule has 0 aliphatic carbocycles. The van der Waals surface area contributed by atoms with Crippen LogP contribution in [-0.4, -0.2) is 25.5 Å². The van der Waals surface area contributed by atoms with Crippen LogP contribution in [-0.2, 0) is 22.3 Å². The molecule has 0 saturated heterocycles. The van der Waals surface area contributed by atoms with E-state index in [2.05, 4.69) is 0 Å². The Hall–Kier alpha value is -3.28. The fraction of sp³-hybridized carbons (Fsp3) is 0.429. The zero-order chi connectivity index (χ0) is 24.8. The number of aryl methyl sites for hydroxylation is 2. The minimum absolute atomic E-state index is 0.187. The first-order valence-electron chi connectivity index (χ1n) is 11.9. The van der Waals surface area contributed by atoms with Crippen molar-refractivity contribution >= 4 is 33.9 Å². The Kier molecular flexibility index (Phi) is 8.37. The van der Waals surface area contributed by atoms with Crippen molar-refractivity contribution < 1.29 is 28.5 Å². The van der Waals surface area contributed by atoms with Crippen LogP contribution in [0.25, 0.3) is 21.5 Å². The number of ether oxygens (including phenoxy) is 4. The molecular formula is C28H34O6. The summed E-state index contributed by atoms with van der Waals surface area (Å²) in [6.45, 7) is 12.4. The third-order valence-corrected chi connectivity index (χ3v) is 5.45. The van der Waals surface area contributed by atoms with Gasteiger partial charge in [0.2, 0.25) is 0 Å². The molecule has 34 heavy (non-hydrogen) atoms. The summed E-state index contributed by atoms with van der Waals surface area (Å²) in [5, 5.41) is 2.81. The predicted molar refractivity (Wildman–Crippen MR) is 134 cm³/mol. The lowest BCUT2D eigenvalue weighted by atomic mass is 9.93. The van der Waals surface area contributed by atoms with Gasteiger partial charge in [-0.3, -0.25) is 0 Å². The predicted octanol–water partition coefficient (Wildman–Crippen LogP) is 7.46. The van der Waals surface area contributed by atoms with Gasteiger partial charge < -0.3 is 18.9 Å². The van der Waals surface area contributed by atoms with Gasteiger partial charge in [0.05, 0.1) is 13.2 Å². The van der Waals surface area contributed by atoms with E-state index in [0.717, 1.165) is 21.9 Å². The van der Waals surface area contributed by atoms with E-state index in [9.17, 15) is 9.59 Å². The highest BCUT2D eigenvalue weighted by Crippen LogP contribution is 2.46. The van der Waals surface area contributed by atoms with Crippen LogP contribution in [0.4, 0.5) is 9.59 Å². The monoisotopic (exact) mass is 466 g/mol. The molecule has 0 atom stereocenters. The second kappa shape index (κ2) is 11.2. The Balaban J connectivity index is 2.27. The van der Waals surface area contributed by atoms with Gasteiger partial charge in [-0.15, -0.1) is 0 Å². The Labute approximate surface area is 201 Å². The van der Waals surface area contributed by atoms with E-state index in [-0.39, 0.29) is 25.0 Å². The number of hydrogen-bond acceptors (Lipinski definition) is 6. The van der Waals surface area contributed by atoms with Crippen LogP contribution in [0, 0.1) is 11.8 Å². The molecule has 6 nitrogen and oxygen atoms in total. The maximum Gasteiger partial charge on any atom is 0.513 e. The average Bonchev–Trinajstić information content (AvgIpc) is 2.82. The summed E-state index contributed by atoms with van der Waals surface area (Å²) >= 11 is 0. The normalized spacial score (nSPS) is 11.3. The van der Waals surface area contributed by atoms with E-state index < -0.39 is 12.3 Å². The molecular weight excluding hydrogens is 432 g/mol. The zero-order valence-electron chi connectivity index (χ0n) is 20.9. The van der Waals surface area contributed by atoms with Gasteiger partial charge in [-0.1, -0.05) is 77.9 Å². The third-order valence-electron chi connectivity index (χ3n) is 5.45. The van der Waals surface area contributed by atoms with Gasteiger partial charge in [0.25, 0.3) is 0 Å². The summed E-state index contributed by atoms with van der Waals surface area (Å²) in [6, 6.07) is 11.5. The molecule has 0 heterocycles. The molecule has 0 aliphatic heterocycles. The summed E-state index contributed by atoms with van der Waals surface area (Å²) in [6.07, 6.45) is -0.112. The maximum atomic E-state index is 12.6. The second-order valence-corrected chi connectivity index (χ2v) is 9.16. The Morgan fingerprint density at radius 3 is 1.38 bits per heavy atom. The van der Waals surface area contributed by atoms with Gasteiger partial charge in [-0.05, 0) is 35.8 Å². The number of rotatable bonds is 8. The fourth-order valence-corrected chi connectivity index (χ4v) is 3.88. The number of fused-ring (bicyclic) bond motifs is 2. The number of benzene rings is 3. The van der Waals surface area contributed by atoms with Gasteiger partial charge in [0.1, 0.15) is 0 Å². The van der Waals surface area contributed by atoms with Gasteiger partial charge in [-0.2, -0.15) is 0 Å². The lowest BCUT2D eigenvalue weighted by Gasteiger charge is -2.20. The number of carbonyl (C=O) groups is 2. The van der Waals surface area contributed by atoms with E-state index >= 15 is 0 Å². The molecule has 0 fully saturated rings. The molecule has 0 N–H and O–H groups in total. The van der Waals surface area contributed by atoms with Crippen molar-refractivity contribution in [1.29, 1.82) is 0 Å². The zero-order valence-corrected chi connectivity index (χ0v) is 20.9. The largest absolute Gasteiger partial charge is 0.513 e. The van der Waals surface area contributed by atoms with Crippen LogP contribution in [0.2, 0.25) is 0 Å². The molecule has 6 heteroatoms. The van der Waals surface area contributed by atoms with Crippen molar-refractivity contribution in [1.82, 2.24) is 0 Å². The first-order valence-corrected chi connectivity index (χ1v) is 11.9. The van der Waals surface area contributed by atoms with Crippen molar-refractivity contribution in [3.05, 3.63) is 47.5 Å². The van der Waals surface area contributed by atoms with Crippen LogP contribution in [0.1, 0.15) is 52.7 Å². The lowest BCUT2D eigenvalue weighted by Crippen LogP contribution is -2.16. The fourth-order valence-electron chi connectivity index (χ4n) is 3.88. The molecule has 0 aliphatic rings. The Bertz CT molecular complexity index is 1090. The van der Waals surface area contributed by atoms with Crippen molar-refractivity contribution in [3.8, 4) is 11.5 Å². The molecule has 182 valence electrons. The first-order chi connectivity index (χ1) is 16.3. The molecule has 0 radical (unpaired) electrons. The third kappa shape index (κ3) is 5.61. The molecule has 3 rings (SSSR count). The summed E-state index contributed by atoms with van der Waals surface area (Å²) in [4.78, 5) is 25.2. The number of hydrogen-bond donors (Lipinski definition) is 0. The summed E-state index contributed by atoms with van der Waals surface area (Å²) in [7, 11) is 0. The van der Waals surface area contributed by atoms with E-state index in [1.165, 1.54) is 0 Å². The average molecular weight is 467 g/mol. The molecule has 3 aromatic rings. The van der Waals surface area contributed by atoms with Crippen molar-refractivity contribution in [3.63, 3.8) is 0 Å². The van der Waals surface area contributed by atoms with Crippen molar-refractivity contribution in [2.24, 2.45) is 11.8 Å². The molecule has 0 amide bonds. The summed E-state index contributed by atoms with van der Waals surface area (Å²) < 4.78 is 22.3. The van der Waals surface area contributed by atoms with E-state index in [0.29, 0.717) is 35.1 Å². The van der Waals surface area contributed by atoms with Gasteiger partial charge >= 0.3 is 12.3 Å². The Morgan fingerprint density at radius 2 is 1.06 bits per heavy atom. The van der Waals surface area contributed by atoms with Gasteiger partial charge in [0.15, 0.2) is 11.5 Å².